The van der Waals surface area contributed by atoms with E-state index < -0.39 is 29.5 Å². The Labute approximate surface area is 227 Å². The fourth-order valence-corrected chi connectivity index (χ4v) is 5.50. The Kier molecular flexibility index (Phi) is 8.17. The zero-order valence-corrected chi connectivity index (χ0v) is 23.0. The van der Waals surface area contributed by atoms with Crippen molar-refractivity contribution in [1.82, 2.24) is 0 Å². The fourth-order valence-electron chi connectivity index (χ4n) is 5.34. The summed E-state index contributed by atoms with van der Waals surface area (Å²) < 4.78 is 47.2. The van der Waals surface area contributed by atoms with Gasteiger partial charge in [-0.1, -0.05) is 42.8 Å². The minimum Gasteiger partial charge on any atom is -0.460 e. The molecule has 4 rings (SSSR count). The Morgan fingerprint density at radius 1 is 1.03 bits per heavy atom. The van der Waals surface area contributed by atoms with Crippen LogP contribution in [0.2, 0.25) is 5.02 Å². The molecule has 0 saturated heterocycles. The van der Waals surface area contributed by atoms with Gasteiger partial charge in [0.1, 0.15) is 5.60 Å². The monoisotopic (exact) mass is 549 g/mol. The summed E-state index contributed by atoms with van der Waals surface area (Å²) in [6.45, 7) is 6.48. The van der Waals surface area contributed by atoms with Crippen molar-refractivity contribution in [3.05, 3.63) is 63.7 Å². The van der Waals surface area contributed by atoms with E-state index in [0.717, 1.165) is 55.7 Å². The van der Waals surface area contributed by atoms with Crippen LogP contribution in [0.5, 0.6) is 0 Å². The molecule has 0 heterocycles. The number of hydrogen-bond donors (Lipinski definition) is 1. The molecule has 38 heavy (non-hydrogen) atoms. The topological polar surface area (TPSA) is 55.4 Å². The largest absolute Gasteiger partial charge is 0.460 e. The average Bonchev–Trinajstić information content (AvgIpc) is 3.54. The molecule has 8 heteroatoms. The van der Waals surface area contributed by atoms with Crippen molar-refractivity contribution in [3.63, 3.8) is 0 Å². The lowest BCUT2D eigenvalue weighted by Gasteiger charge is -2.27. The highest BCUT2D eigenvalue weighted by molar-refractivity contribution is 6.33. The van der Waals surface area contributed by atoms with E-state index in [2.05, 4.69) is 5.32 Å². The molecular weight excluding hydrogens is 515 g/mol. The number of halogens is 4. The zero-order valence-electron chi connectivity index (χ0n) is 22.3. The second-order valence-electron chi connectivity index (χ2n) is 11.7. The number of hydrogen-bond acceptors (Lipinski definition) is 3. The zero-order chi connectivity index (χ0) is 27.8. The van der Waals surface area contributed by atoms with Gasteiger partial charge in [-0.25, -0.2) is 0 Å². The molecule has 1 amide bonds. The van der Waals surface area contributed by atoms with Crippen molar-refractivity contribution in [2.24, 2.45) is 11.8 Å². The van der Waals surface area contributed by atoms with Gasteiger partial charge < -0.3 is 10.1 Å². The first-order valence-electron chi connectivity index (χ1n) is 13.2. The third-order valence-corrected chi connectivity index (χ3v) is 7.78. The molecule has 1 saturated carbocycles. The maximum Gasteiger partial charge on any atom is 0.392 e. The standard InChI is InChI=1S/C30H35ClF3NO3/c1-17(30(32,33)34)27(22-11-8-18-6-5-7-20(18)14-22)28(37)35-25-15-21(12-13-24(25)31)23(19-9-10-19)16-26(36)38-29(2,3)4/h8,11-15,17,19,23,27H,5-7,9-10,16H2,1-4H3,(H,35,37)/t17-,23+,27+/m1/s1. The molecule has 2 aliphatic rings. The van der Waals surface area contributed by atoms with Crippen molar-refractivity contribution in [3.8, 4) is 0 Å². The first-order valence-corrected chi connectivity index (χ1v) is 13.6. The SMILES string of the molecule is C[C@H]([C@H](C(=O)Nc1cc([C@@H](CC(=O)OC(C)(C)C)C2CC2)ccc1Cl)c1ccc2c(c1)CCC2)C(F)(F)F. The summed E-state index contributed by atoms with van der Waals surface area (Å²) in [6.07, 6.45) is 0.221. The minimum absolute atomic E-state index is 0.126. The van der Waals surface area contributed by atoms with E-state index in [1.54, 1.807) is 24.3 Å². The van der Waals surface area contributed by atoms with Crippen LogP contribution in [0.4, 0.5) is 18.9 Å². The van der Waals surface area contributed by atoms with Gasteiger partial charge >= 0.3 is 12.1 Å². The van der Waals surface area contributed by atoms with Gasteiger partial charge in [0, 0.05) is 0 Å². The Morgan fingerprint density at radius 3 is 2.32 bits per heavy atom. The highest BCUT2D eigenvalue weighted by atomic mass is 35.5. The predicted molar refractivity (Wildman–Crippen MR) is 142 cm³/mol. The Balaban J connectivity index is 1.60. The van der Waals surface area contributed by atoms with Gasteiger partial charge in [-0.3, -0.25) is 9.59 Å². The minimum atomic E-state index is -4.56. The number of benzene rings is 2. The second-order valence-corrected chi connectivity index (χ2v) is 12.1. The van der Waals surface area contributed by atoms with Crippen LogP contribution >= 0.6 is 11.6 Å². The molecule has 0 unspecified atom stereocenters. The number of carbonyl (C=O) groups is 2. The Hall–Kier alpha value is -2.54. The number of aryl methyl sites for hydroxylation is 2. The van der Waals surface area contributed by atoms with E-state index >= 15 is 0 Å². The molecule has 1 N–H and O–H groups in total. The molecule has 0 bridgehead atoms. The predicted octanol–water partition coefficient (Wildman–Crippen LogP) is 7.97. The summed E-state index contributed by atoms with van der Waals surface area (Å²) in [5.41, 5.74) is 2.91. The van der Waals surface area contributed by atoms with Crippen molar-refractivity contribution in [2.75, 3.05) is 5.32 Å². The van der Waals surface area contributed by atoms with Gasteiger partial charge in [0.25, 0.3) is 0 Å². The van der Waals surface area contributed by atoms with Crippen molar-refractivity contribution in [1.29, 1.82) is 0 Å². The van der Waals surface area contributed by atoms with Gasteiger partial charge in [0.15, 0.2) is 0 Å². The molecule has 0 spiro atoms. The summed E-state index contributed by atoms with van der Waals surface area (Å²) in [4.78, 5) is 26.0. The van der Waals surface area contributed by atoms with E-state index in [-0.39, 0.29) is 29.0 Å². The number of carbonyl (C=O) groups excluding carboxylic acids is 2. The van der Waals surface area contributed by atoms with Crippen LogP contribution in [0.25, 0.3) is 0 Å². The van der Waals surface area contributed by atoms with Crippen LogP contribution in [0.15, 0.2) is 36.4 Å². The van der Waals surface area contributed by atoms with Crippen LogP contribution in [-0.4, -0.2) is 23.7 Å². The number of amides is 1. The molecule has 4 nitrogen and oxygen atoms in total. The maximum absolute atomic E-state index is 13.9. The molecule has 2 aliphatic carbocycles. The lowest BCUT2D eigenvalue weighted by molar-refractivity contribution is -0.178. The molecule has 2 aromatic rings. The quantitative estimate of drug-likeness (QED) is 0.340. The smallest absolute Gasteiger partial charge is 0.392 e. The summed E-state index contributed by atoms with van der Waals surface area (Å²) in [6, 6.07) is 10.3. The first kappa shape index (κ1) is 28.5. The number of anilines is 1. The van der Waals surface area contributed by atoms with Crippen LogP contribution < -0.4 is 5.32 Å². The van der Waals surface area contributed by atoms with Gasteiger partial charge in [0.05, 0.1) is 29.0 Å². The molecule has 0 radical (unpaired) electrons. The van der Waals surface area contributed by atoms with Gasteiger partial charge in [-0.15, -0.1) is 0 Å². The third-order valence-electron chi connectivity index (χ3n) is 7.45. The molecule has 3 atom stereocenters. The summed E-state index contributed by atoms with van der Waals surface area (Å²) in [5, 5.41) is 2.91. The van der Waals surface area contributed by atoms with E-state index in [1.807, 2.05) is 32.9 Å². The van der Waals surface area contributed by atoms with Crippen molar-refractivity contribution in [2.45, 2.75) is 89.8 Å². The summed E-state index contributed by atoms with van der Waals surface area (Å²) in [5.74, 6) is -4.22. The highest BCUT2D eigenvalue weighted by Gasteiger charge is 2.45. The van der Waals surface area contributed by atoms with E-state index in [9.17, 15) is 22.8 Å². The summed E-state index contributed by atoms with van der Waals surface area (Å²) in [7, 11) is 0. The number of fused-ring (bicyclic) bond motifs is 1. The molecule has 2 aromatic carbocycles. The summed E-state index contributed by atoms with van der Waals surface area (Å²) >= 11 is 6.40. The number of esters is 1. The second kappa shape index (κ2) is 10.9. The number of ether oxygens (including phenoxy) is 1. The number of nitrogens with one attached hydrogen (secondary N) is 1. The van der Waals surface area contributed by atoms with Crippen LogP contribution in [-0.2, 0) is 27.2 Å². The van der Waals surface area contributed by atoms with Crippen LogP contribution in [0, 0.1) is 11.8 Å². The molecule has 206 valence electrons. The lowest BCUT2D eigenvalue weighted by Crippen LogP contribution is -2.34. The lowest BCUT2D eigenvalue weighted by atomic mass is 9.84. The van der Waals surface area contributed by atoms with Gasteiger partial charge in [-0.05, 0) is 99.1 Å². The Bertz CT molecular complexity index is 1200. The van der Waals surface area contributed by atoms with E-state index in [1.165, 1.54) is 0 Å². The van der Waals surface area contributed by atoms with Gasteiger partial charge in [0.2, 0.25) is 5.91 Å². The molecule has 1 fully saturated rings. The number of rotatable bonds is 8. The fraction of sp³-hybridized carbons (Fsp3) is 0.533. The Morgan fingerprint density at radius 2 is 1.68 bits per heavy atom. The normalized spacial score (nSPS) is 17.9. The van der Waals surface area contributed by atoms with E-state index in [0.29, 0.717) is 11.5 Å². The van der Waals surface area contributed by atoms with Crippen molar-refractivity contribution < 1.29 is 27.5 Å². The molecule has 0 aromatic heterocycles. The number of alkyl halides is 3. The van der Waals surface area contributed by atoms with Crippen molar-refractivity contribution >= 4 is 29.2 Å². The van der Waals surface area contributed by atoms with E-state index in [4.69, 9.17) is 16.3 Å². The third kappa shape index (κ3) is 6.90. The maximum atomic E-state index is 13.9. The van der Waals surface area contributed by atoms with Crippen LogP contribution in [0.3, 0.4) is 0 Å². The highest BCUT2D eigenvalue weighted by Crippen LogP contribution is 2.46. The molecular formula is C30H35ClF3NO3. The first-order chi connectivity index (χ1) is 17.7. The van der Waals surface area contributed by atoms with Crippen LogP contribution in [0.1, 0.15) is 87.5 Å². The average molecular weight is 550 g/mol. The molecule has 0 aliphatic heterocycles. The van der Waals surface area contributed by atoms with Gasteiger partial charge in [-0.2, -0.15) is 13.2 Å².